The number of amides is 1. The Kier molecular flexibility index (Phi) is 5.26. The first-order chi connectivity index (χ1) is 14.6. The Morgan fingerprint density at radius 1 is 1.19 bits per heavy atom. The largest absolute Gasteiger partial charge is 0.332 e. The van der Waals surface area contributed by atoms with Crippen molar-refractivity contribution in [3.63, 3.8) is 0 Å². The number of carbonyl (C=O) groups excluding carboxylic acids is 1. The number of halogens is 1. The number of imidazole rings is 1. The molecule has 3 heterocycles. The Morgan fingerprint density at radius 3 is 2.48 bits per heavy atom. The molecular weight excluding hydrogens is 446 g/mol. The Hall–Kier alpha value is -2.92. The van der Waals surface area contributed by atoms with Crippen LogP contribution in [0.3, 0.4) is 0 Å². The summed E-state index contributed by atoms with van der Waals surface area (Å²) in [6.45, 7) is -0.339. The molecule has 1 aliphatic rings. The van der Waals surface area contributed by atoms with Gasteiger partial charge in [0, 0.05) is 19.8 Å². The highest BCUT2D eigenvalue weighted by atomic mass is 35.5. The summed E-state index contributed by atoms with van der Waals surface area (Å²) in [5, 5.41) is -0.117. The van der Waals surface area contributed by atoms with E-state index in [1.165, 1.54) is 28.1 Å². The van der Waals surface area contributed by atoms with Gasteiger partial charge in [-0.3, -0.25) is 23.3 Å². The van der Waals surface area contributed by atoms with Gasteiger partial charge in [0.15, 0.2) is 21.0 Å². The molecule has 1 aromatic carbocycles. The van der Waals surface area contributed by atoms with Crippen LogP contribution >= 0.6 is 11.6 Å². The number of hydrogen-bond donors (Lipinski definition) is 0. The maximum absolute atomic E-state index is 13.4. The van der Waals surface area contributed by atoms with E-state index in [-0.39, 0.29) is 34.5 Å². The van der Waals surface area contributed by atoms with Crippen LogP contribution < -0.4 is 16.1 Å². The first kappa shape index (κ1) is 21.3. The zero-order valence-electron chi connectivity index (χ0n) is 16.9. The minimum absolute atomic E-state index is 0.00565. The highest BCUT2D eigenvalue weighted by Crippen LogP contribution is 2.26. The minimum atomic E-state index is -3.24. The molecule has 12 heteroatoms. The van der Waals surface area contributed by atoms with Crippen LogP contribution in [0.4, 0.5) is 5.69 Å². The molecule has 164 valence electrons. The second kappa shape index (κ2) is 7.65. The van der Waals surface area contributed by atoms with Gasteiger partial charge in [0.05, 0.1) is 17.5 Å². The molecule has 0 spiro atoms. The molecule has 1 atom stereocenters. The van der Waals surface area contributed by atoms with Gasteiger partial charge < -0.3 is 4.90 Å². The van der Waals surface area contributed by atoms with Crippen molar-refractivity contribution >= 4 is 44.2 Å². The van der Waals surface area contributed by atoms with E-state index in [0.717, 1.165) is 4.57 Å². The number of benzene rings is 1. The van der Waals surface area contributed by atoms with Crippen molar-refractivity contribution in [2.24, 2.45) is 14.1 Å². The smallest absolute Gasteiger partial charge is 0.307 e. The summed E-state index contributed by atoms with van der Waals surface area (Å²) in [6, 6.07) is 8.22. The van der Waals surface area contributed by atoms with E-state index in [1.54, 1.807) is 30.3 Å². The first-order valence-electron chi connectivity index (χ1n) is 9.50. The number of carbonyl (C=O) groups is 1. The average molecular weight is 466 g/mol. The first-order valence-corrected chi connectivity index (χ1v) is 11.7. The van der Waals surface area contributed by atoms with E-state index < -0.39 is 33.0 Å². The van der Waals surface area contributed by atoms with Crippen LogP contribution in [-0.4, -0.2) is 50.6 Å². The molecular formula is C19H20ClN5O5S. The number of para-hydroxylation sites is 1. The highest BCUT2D eigenvalue weighted by Gasteiger charge is 2.36. The van der Waals surface area contributed by atoms with Gasteiger partial charge >= 0.3 is 5.69 Å². The molecule has 31 heavy (non-hydrogen) atoms. The Morgan fingerprint density at radius 2 is 1.87 bits per heavy atom. The monoisotopic (exact) mass is 465 g/mol. The molecule has 1 unspecified atom stereocenters. The van der Waals surface area contributed by atoms with E-state index in [1.807, 2.05) is 0 Å². The molecule has 2 aromatic heterocycles. The van der Waals surface area contributed by atoms with Crippen molar-refractivity contribution in [3.8, 4) is 0 Å². The minimum Gasteiger partial charge on any atom is -0.307 e. The van der Waals surface area contributed by atoms with Crippen molar-refractivity contribution in [2.45, 2.75) is 19.0 Å². The van der Waals surface area contributed by atoms with E-state index in [2.05, 4.69) is 4.98 Å². The highest BCUT2D eigenvalue weighted by molar-refractivity contribution is 7.91. The molecule has 1 amide bonds. The van der Waals surface area contributed by atoms with Crippen molar-refractivity contribution in [2.75, 3.05) is 16.4 Å². The molecule has 1 fully saturated rings. The standard InChI is InChI=1S/C19H20ClN5O5S/c1-22-16-15(17(27)23(2)19(22)28)24(18(20)21-16)10-14(26)25(12-6-4-3-5-7-12)13-8-9-31(29,30)11-13/h3-7,13H,8-11H2,1-2H3. The maximum atomic E-state index is 13.4. The number of aryl methyl sites for hydroxylation is 1. The summed E-state index contributed by atoms with van der Waals surface area (Å²) in [4.78, 5) is 43.8. The number of hydrogen-bond acceptors (Lipinski definition) is 6. The lowest BCUT2D eigenvalue weighted by molar-refractivity contribution is -0.119. The van der Waals surface area contributed by atoms with Gasteiger partial charge in [-0.05, 0) is 30.2 Å². The van der Waals surface area contributed by atoms with Gasteiger partial charge in [0.25, 0.3) is 5.56 Å². The van der Waals surface area contributed by atoms with Crippen LogP contribution in [0.2, 0.25) is 5.28 Å². The lowest BCUT2D eigenvalue weighted by atomic mass is 10.1. The second-order valence-corrected chi connectivity index (χ2v) is 10.1. The molecule has 10 nitrogen and oxygen atoms in total. The molecule has 0 aliphatic carbocycles. The molecule has 1 aliphatic heterocycles. The van der Waals surface area contributed by atoms with Gasteiger partial charge in [0.2, 0.25) is 11.2 Å². The van der Waals surface area contributed by atoms with Crippen LogP contribution in [0.1, 0.15) is 6.42 Å². The Bertz CT molecular complexity index is 1410. The third-order valence-corrected chi connectivity index (χ3v) is 7.51. The molecule has 0 saturated carbocycles. The number of anilines is 1. The summed E-state index contributed by atoms with van der Waals surface area (Å²) < 4.78 is 27.4. The van der Waals surface area contributed by atoms with E-state index in [4.69, 9.17) is 11.6 Å². The number of sulfone groups is 1. The van der Waals surface area contributed by atoms with E-state index in [0.29, 0.717) is 12.1 Å². The zero-order chi connectivity index (χ0) is 22.5. The fraction of sp³-hybridized carbons (Fsp3) is 0.368. The van der Waals surface area contributed by atoms with Gasteiger partial charge in [-0.2, -0.15) is 4.98 Å². The van der Waals surface area contributed by atoms with Crippen molar-refractivity contribution in [1.29, 1.82) is 0 Å². The topological polar surface area (TPSA) is 116 Å². The third-order valence-electron chi connectivity index (χ3n) is 5.47. The number of aromatic nitrogens is 4. The van der Waals surface area contributed by atoms with Gasteiger partial charge in [-0.25, -0.2) is 13.2 Å². The fourth-order valence-electron chi connectivity index (χ4n) is 3.90. The number of nitrogens with zero attached hydrogens (tertiary/aromatic N) is 5. The predicted molar refractivity (Wildman–Crippen MR) is 116 cm³/mol. The summed E-state index contributed by atoms with van der Waals surface area (Å²) in [6.07, 6.45) is 0.317. The third kappa shape index (κ3) is 3.68. The van der Waals surface area contributed by atoms with Gasteiger partial charge in [-0.1, -0.05) is 18.2 Å². The summed E-state index contributed by atoms with van der Waals surface area (Å²) in [7, 11) is -0.452. The number of rotatable bonds is 4. The molecule has 3 aromatic rings. The lowest BCUT2D eigenvalue weighted by Gasteiger charge is -2.28. The summed E-state index contributed by atoms with van der Waals surface area (Å²) >= 11 is 6.24. The van der Waals surface area contributed by atoms with Crippen molar-refractivity contribution < 1.29 is 13.2 Å². The predicted octanol–water partition coefficient (Wildman–Crippen LogP) is 0.307. The van der Waals surface area contributed by atoms with Crippen LogP contribution in [0.15, 0.2) is 39.9 Å². The second-order valence-electron chi connectivity index (χ2n) is 7.50. The molecule has 0 radical (unpaired) electrons. The fourth-order valence-corrected chi connectivity index (χ4v) is 5.83. The van der Waals surface area contributed by atoms with Crippen LogP contribution in [0, 0.1) is 0 Å². The Labute approximate surface area is 182 Å². The maximum Gasteiger partial charge on any atom is 0.332 e. The quantitative estimate of drug-likeness (QED) is 0.512. The van der Waals surface area contributed by atoms with E-state index in [9.17, 15) is 22.8 Å². The average Bonchev–Trinajstić information content (AvgIpc) is 3.25. The van der Waals surface area contributed by atoms with E-state index >= 15 is 0 Å². The SMILES string of the molecule is Cn1c(=O)c2c(nc(Cl)n2CC(=O)N(c2ccccc2)C2CCS(=O)(=O)C2)n(C)c1=O. The normalized spacial score (nSPS) is 17.8. The number of fused-ring (bicyclic) bond motifs is 1. The van der Waals surface area contributed by atoms with Crippen LogP contribution in [0.5, 0.6) is 0 Å². The molecule has 4 rings (SSSR count). The van der Waals surface area contributed by atoms with Crippen LogP contribution in [-0.2, 0) is 35.3 Å². The van der Waals surface area contributed by atoms with Crippen LogP contribution in [0.25, 0.3) is 11.2 Å². The summed E-state index contributed by atoms with van der Waals surface area (Å²) in [5.74, 6) is -0.570. The summed E-state index contributed by atoms with van der Waals surface area (Å²) in [5.41, 5.74) is -0.543. The zero-order valence-corrected chi connectivity index (χ0v) is 18.4. The molecule has 0 bridgehead atoms. The molecule has 0 N–H and O–H groups in total. The van der Waals surface area contributed by atoms with Crippen molar-refractivity contribution in [1.82, 2.24) is 18.7 Å². The molecule has 1 saturated heterocycles. The van der Waals surface area contributed by atoms with Crippen molar-refractivity contribution in [3.05, 3.63) is 56.5 Å². The Balaban J connectivity index is 1.80. The lowest BCUT2D eigenvalue weighted by Crippen LogP contribution is -2.43. The van der Waals surface area contributed by atoms with Gasteiger partial charge in [0.1, 0.15) is 6.54 Å². The van der Waals surface area contributed by atoms with Gasteiger partial charge in [-0.15, -0.1) is 0 Å².